The molecular formula is C11H8BrNO3S2. The fourth-order valence-corrected chi connectivity index (χ4v) is 3.33. The molecule has 94 valence electrons. The van der Waals surface area contributed by atoms with Gasteiger partial charge in [0.15, 0.2) is 0 Å². The lowest BCUT2D eigenvalue weighted by atomic mass is 10.4. The topological polar surface area (TPSA) is 55.4 Å². The van der Waals surface area contributed by atoms with Crippen LogP contribution >= 0.6 is 38.6 Å². The zero-order valence-corrected chi connectivity index (χ0v) is 12.4. The molecule has 0 bridgehead atoms. The van der Waals surface area contributed by atoms with Gasteiger partial charge in [-0.25, -0.2) is 4.79 Å². The van der Waals surface area contributed by atoms with Gasteiger partial charge in [-0.3, -0.25) is 4.79 Å². The molecule has 4 nitrogen and oxygen atoms in total. The molecule has 0 fully saturated rings. The van der Waals surface area contributed by atoms with Gasteiger partial charge in [0.05, 0.1) is 20.8 Å². The Morgan fingerprint density at radius 3 is 2.50 bits per heavy atom. The summed E-state index contributed by atoms with van der Waals surface area (Å²) >= 11 is 5.83. The van der Waals surface area contributed by atoms with Gasteiger partial charge in [-0.05, 0) is 40.2 Å². The van der Waals surface area contributed by atoms with Crippen molar-refractivity contribution in [2.75, 3.05) is 12.4 Å². The van der Waals surface area contributed by atoms with E-state index in [0.29, 0.717) is 14.8 Å². The first-order chi connectivity index (χ1) is 8.60. The number of rotatable bonds is 3. The van der Waals surface area contributed by atoms with Crippen molar-refractivity contribution in [2.24, 2.45) is 0 Å². The van der Waals surface area contributed by atoms with E-state index in [1.807, 2.05) is 6.07 Å². The Hall–Kier alpha value is -1.18. The number of anilines is 1. The third-order valence-corrected chi connectivity index (χ3v) is 4.63. The smallest absolute Gasteiger partial charge is 0.348 e. The van der Waals surface area contributed by atoms with Gasteiger partial charge in [0.2, 0.25) is 0 Å². The highest BCUT2D eigenvalue weighted by Gasteiger charge is 2.13. The van der Waals surface area contributed by atoms with Crippen LogP contribution in [0.25, 0.3) is 0 Å². The summed E-state index contributed by atoms with van der Waals surface area (Å²) in [6, 6.07) is 6.85. The fraction of sp³-hybridized carbons (Fsp3) is 0.0909. The second-order valence-electron chi connectivity index (χ2n) is 3.21. The Morgan fingerprint density at radius 1 is 1.17 bits per heavy atom. The van der Waals surface area contributed by atoms with Gasteiger partial charge in [0, 0.05) is 0 Å². The van der Waals surface area contributed by atoms with Gasteiger partial charge in [-0.2, -0.15) is 0 Å². The number of amides is 1. The molecule has 1 amide bonds. The molecule has 2 aromatic rings. The number of halogens is 1. The maximum atomic E-state index is 11.8. The van der Waals surface area contributed by atoms with Crippen LogP contribution in [0.15, 0.2) is 28.1 Å². The summed E-state index contributed by atoms with van der Waals surface area (Å²) in [4.78, 5) is 24.2. The van der Waals surface area contributed by atoms with Gasteiger partial charge < -0.3 is 10.1 Å². The van der Waals surface area contributed by atoms with E-state index < -0.39 is 5.97 Å². The number of hydrogen-bond acceptors (Lipinski definition) is 5. The molecule has 18 heavy (non-hydrogen) atoms. The molecule has 0 aromatic carbocycles. The molecule has 1 N–H and O–H groups in total. The standard InChI is InChI=1S/C11H8BrNO3S2/c1-16-11(15)7-3-5-9(18-7)13-10(14)6-2-4-8(12)17-6/h2-5H,1H3,(H,13,14). The van der Waals surface area contributed by atoms with Crippen molar-refractivity contribution in [1.29, 1.82) is 0 Å². The minimum atomic E-state index is -0.403. The lowest BCUT2D eigenvalue weighted by Crippen LogP contribution is -2.08. The quantitative estimate of drug-likeness (QED) is 0.864. The fourth-order valence-electron chi connectivity index (χ4n) is 1.23. The average Bonchev–Trinajstić information content (AvgIpc) is 2.97. The molecule has 0 radical (unpaired) electrons. The maximum Gasteiger partial charge on any atom is 0.348 e. The molecule has 0 spiro atoms. The number of esters is 1. The van der Waals surface area contributed by atoms with Crippen molar-refractivity contribution in [3.05, 3.63) is 37.8 Å². The van der Waals surface area contributed by atoms with Gasteiger partial charge in [-0.15, -0.1) is 22.7 Å². The van der Waals surface area contributed by atoms with Crippen molar-refractivity contribution >= 4 is 55.5 Å². The van der Waals surface area contributed by atoms with Crippen molar-refractivity contribution in [1.82, 2.24) is 0 Å². The van der Waals surface area contributed by atoms with Crippen LogP contribution in [0.1, 0.15) is 19.3 Å². The first-order valence-electron chi connectivity index (χ1n) is 4.85. The van der Waals surface area contributed by atoms with E-state index in [4.69, 9.17) is 0 Å². The number of hydrogen-bond donors (Lipinski definition) is 1. The van der Waals surface area contributed by atoms with Crippen LogP contribution in [0, 0.1) is 0 Å². The molecule has 2 rings (SSSR count). The summed E-state index contributed by atoms with van der Waals surface area (Å²) in [7, 11) is 1.32. The lowest BCUT2D eigenvalue weighted by molar-refractivity contribution is 0.0606. The molecule has 7 heteroatoms. The summed E-state index contributed by atoms with van der Waals surface area (Å²) < 4.78 is 5.49. The van der Waals surface area contributed by atoms with Crippen molar-refractivity contribution in [3.63, 3.8) is 0 Å². The zero-order chi connectivity index (χ0) is 13.1. The number of carbonyl (C=O) groups excluding carboxylic acids is 2. The highest BCUT2D eigenvalue weighted by molar-refractivity contribution is 9.11. The molecule has 0 aliphatic carbocycles. The van der Waals surface area contributed by atoms with Crippen LogP contribution in [0.5, 0.6) is 0 Å². The molecular weight excluding hydrogens is 338 g/mol. The minimum Gasteiger partial charge on any atom is -0.465 e. The first-order valence-corrected chi connectivity index (χ1v) is 7.27. The Balaban J connectivity index is 2.08. The summed E-state index contributed by atoms with van der Waals surface area (Å²) in [5.74, 6) is -0.594. The van der Waals surface area contributed by atoms with Gasteiger partial charge in [0.25, 0.3) is 5.91 Å². The van der Waals surface area contributed by atoms with Gasteiger partial charge in [-0.1, -0.05) is 0 Å². The third-order valence-electron chi connectivity index (χ3n) is 2.03. The Labute approximate surface area is 120 Å². The van der Waals surface area contributed by atoms with Crippen LogP contribution < -0.4 is 5.32 Å². The molecule has 2 aromatic heterocycles. The number of carbonyl (C=O) groups is 2. The van der Waals surface area contributed by atoms with Crippen LogP contribution in [-0.4, -0.2) is 19.0 Å². The SMILES string of the molecule is COC(=O)c1ccc(NC(=O)c2ccc(Br)s2)s1. The number of ether oxygens (including phenoxy) is 1. The van der Waals surface area contributed by atoms with E-state index in [0.717, 1.165) is 3.79 Å². The molecule has 2 heterocycles. The molecule has 0 atom stereocenters. The van der Waals surface area contributed by atoms with E-state index in [1.54, 1.807) is 18.2 Å². The Morgan fingerprint density at radius 2 is 1.89 bits per heavy atom. The van der Waals surface area contributed by atoms with Gasteiger partial charge in [0.1, 0.15) is 4.88 Å². The van der Waals surface area contributed by atoms with E-state index in [9.17, 15) is 9.59 Å². The van der Waals surface area contributed by atoms with E-state index in [2.05, 4.69) is 26.0 Å². The zero-order valence-electron chi connectivity index (χ0n) is 9.23. The Kier molecular flexibility index (Phi) is 4.15. The summed E-state index contributed by atoms with van der Waals surface area (Å²) in [5.41, 5.74) is 0. The van der Waals surface area contributed by atoms with E-state index in [1.165, 1.54) is 29.8 Å². The summed E-state index contributed by atoms with van der Waals surface area (Å²) in [6.45, 7) is 0. The van der Waals surface area contributed by atoms with Crippen LogP contribution in [0.2, 0.25) is 0 Å². The summed E-state index contributed by atoms with van der Waals surface area (Å²) in [6.07, 6.45) is 0. The van der Waals surface area contributed by atoms with Crippen LogP contribution in [0.4, 0.5) is 5.00 Å². The molecule has 0 aliphatic rings. The number of methoxy groups -OCH3 is 1. The lowest BCUT2D eigenvalue weighted by Gasteiger charge is -1.98. The first kappa shape index (κ1) is 13.3. The molecule has 0 unspecified atom stereocenters. The summed E-state index contributed by atoms with van der Waals surface area (Å²) in [5, 5.41) is 3.35. The molecule has 0 aliphatic heterocycles. The van der Waals surface area contributed by atoms with Crippen molar-refractivity contribution in [2.45, 2.75) is 0 Å². The van der Waals surface area contributed by atoms with Crippen LogP contribution in [-0.2, 0) is 4.74 Å². The maximum absolute atomic E-state index is 11.8. The van der Waals surface area contributed by atoms with E-state index in [-0.39, 0.29) is 5.91 Å². The second kappa shape index (κ2) is 5.64. The van der Waals surface area contributed by atoms with Crippen molar-refractivity contribution in [3.8, 4) is 0 Å². The largest absolute Gasteiger partial charge is 0.465 e. The highest BCUT2D eigenvalue weighted by Crippen LogP contribution is 2.26. The number of nitrogens with one attached hydrogen (secondary N) is 1. The van der Waals surface area contributed by atoms with Crippen LogP contribution in [0.3, 0.4) is 0 Å². The predicted molar refractivity (Wildman–Crippen MR) is 75.6 cm³/mol. The minimum absolute atomic E-state index is 0.191. The highest BCUT2D eigenvalue weighted by atomic mass is 79.9. The number of thiophene rings is 2. The predicted octanol–water partition coefficient (Wildman–Crippen LogP) is 3.61. The third kappa shape index (κ3) is 2.98. The monoisotopic (exact) mass is 345 g/mol. The molecule has 0 saturated carbocycles. The van der Waals surface area contributed by atoms with Crippen molar-refractivity contribution < 1.29 is 14.3 Å². The second-order valence-corrected chi connectivity index (χ2v) is 6.76. The van der Waals surface area contributed by atoms with E-state index >= 15 is 0 Å². The normalized spacial score (nSPS) is 10.1. The Bertz CT molecular complexity index is 591. The average molecular weight is 346 g/mol. The van der Waals surface area contributed by atoms with Gasteiger partial charge >= 0.3 is 5.97 Å². The molecule has 0 saturated heterocycles.